The predicted octanol–water partition coefficient (Wildman–Crippen LogP) is 3.02. The van der Waals surface area contributed by atoms with E-state index < -0.39 is 0 Å². The van der Waals surface area contributed by atoms with Crippen molar-refractivity contribution in [2.75, 3.05) is 11.5 Å². The van der Waals surface area contributed by atoms with E-state index in [2.05, 4.69) is 29.5 Å². The molecule has 0 heterocycles. The molecule has 0 aliphatic heterocycles. The summed E-state index contributed by atoms with van der Waals surface area (Å²) in [5, 5.41) is 0. The molecular weight excluding hydrogens is 251 g/mol. The van der Waals surface area contributed by atoms with Crippen molar-refractivity contribution in [2.24, 2.45) is 5.92 Å². The van der Waals surface area contributed by atoms with Gasteiger partial charge in [0.15, 0.2) is 0 Å². The molecule has 0 aromatic rings. The Balaban J connectivity index is 2.45. The Morgan fingerprint density at radius 3 is 2.36 bits per heavy atom. The van der Waals surface area contributed by atoms with Crippen LogP contribution in [0, 0.1) is 5.92 Å². The van der Waals surface area contributed by atoms with Crippen LogP contribution in [0.25, 0.3) is 0 Å². The van der Waals surface area contributed by atoms with Gasteiger partial charge in [0.25, 0.3) is 0 Å². The monoisotopic (exact) mass is 268 g/mol. The Morgan fingerprint density at radius 2 is 2.00 bits per heavy atom. The van der Waals surface area contributed by atoms with Gasteiger partial charge in [-0.1, -0.05) is 29.5 Å². The minimum absolute atomic E-state index is 0.229. The molecular formula is C9H17IO. The third-order valence-electron chi connectivity index (χ3n) is 2.86. The number of rotatable bonds is 2. The maximum atomic E-state index is 5.57. The summed E-state index contributed by atoms with van der Waals surface area (Å²) >= 11 is 2.44. The van der Waals surface area contributed by atoms with E-state index in [0.29, 0.717) is 0 Å². The molecule has 0 radical (unpaired) electrons. The van der Waals surface area contributed by atoms with Gasteiger partial charge in [0.2, 0.25) is 0 Å². The van der Waals surface area contributed by atoms with Gasteiger partial charge in [0.05, 0.1) is 5.60 Å². The fourth-order valence-electron chi connectivity index (χ4n) is 1.68. The fraction of sp³-hybridized carbons (Fsp3) is 1.00. The second-order valence-corrected chi connectivity index (χ2v) is 4.47. The van der Waals surface area contributed by atoms with Gasteiger partial charge in [-0.05, 0) is 31.6 Å². The number of alkyl halides is 1. The molecule has 2 heteroatoms. The highest BCUT2D eigenvalue weighted by Crippen LogP contribution is 2.35. The summed E-state index contributed by atoms with van der Waals surface area (Å²) in [4.78, 5) is 0. The molecule has 11 heavy (non-hydrogen) atoms. The van der Waals surface area contributed by atoms with Crippen molar-refractivity contribution in [3.05, 3.63) is 0 Å². The van der Waals surface area contributed by atoms with Crippen LogP contribution >= 0.6 is 22.6 Å². The molecule has 0 aromatic heterocycles. The van der Waals surface area contributed by atoms with Gasteiger partial charge in [-0.25, -0.2) is 0 Å². The van der Waals surface area contributed by atoms with Crippen LogP contribution in [0.4, 0.5) is 0 Å². The van der Waals surface area contributed by atoms with Gasteiger partial charge in [0, 0.05) is 11.5 Å². The van der Waals surface area contributed by atoms with Gasteiger partial charge in [-0.3, -0.25) is 0 Å². The zero-order chi connectivity index (χ0) is 8.32. The second-order valence-electron chi connectivity index (χ2n) is 3.70. The van der Waals surface area contributed by atoms with Gasteiger partial charge in [-0.2, -0.15) is 0 Å². The van der Waals surface area contributed by atoms with Crippen LogP contribution in [0.3, 0.4) is 0 Å². The Kier molecular flexibility index (Phi) is 3.62. The van der Waals surface area contributed by atoms with E-state index in [1.165, 1.54) is 25.7 Å². The van der Waals surface area contributed by atoms with Gasteiger partial charge in [-0.15, -0.1) is 0 Å². The second kappa shape index (κ2) is 4.08. The molecule has 1 rings (SSSR count). The topological polar surface area (TPSA) is 9.23 Å². The molecule has 66 valence electrons. The molecule has 0 bridgehead atoms. The summed E-state index contributed by atoms with van der Waals surface area (Å²) in [5.74, 6) is 0.918. The third kappa shape index (κ3) is 2.31. The van der Waals surface area contributed by atoms with Crippen LogP contribution < -0.4 is 0 Å². The quantitative estimate of drug-likeness (QED) is 0.552. The van der Waals surface area contributed by atoms with Crippen LogP contribution in [-0.4, -0.2) is 17.1 Å². The largest absolute Gasteiger partial charge is 0.377 e. The van der Waals surface area contributed by atoms with E-state index in [1.807, 2.05) is 7.11 Å². The van der Waals surface area contributed by atoms with E-state index in [0.717, 1.165) is 10.3 Å². The van der Waals surface area contributed by atoms with E-state index in [9.17, 15) is 0 Å². The Labute approximate surface area is 83.0 Å². The Bertz CT molecular complexity index is 111. The number of halogens is 1. The lowest BCUT2D eigenvalue weighted by atomic mass is 9.81. The van der Waals surface area contributed by atoms with Crippen molar-refractivity contribution in [3.8, 4) is 0 Å². The maximum Gasteiger partial charge on any atom is 0.0767 e. The standard InChI is InChI=1S/C9H17IO/c1-8-3-5-9(7-10,11-2)6-4-8/h8H,3-7H2,1-2H3. The Hall–Kier alpha value is 0.690. The molecule has 1 aliphatic carbocycles. The molecule has 1 aliphatic rings. The molecule has 0 spiro atoms. The number of methoxy groups -OCH3 is 1. The van der Waals surface area contributed by atoms with E-state index >= 15 is 0 Å². The smallest absolute Gasteiger partial charge is 0.0767 e. The van der Waals surface area contributed by atoms with Crippen molar-refractivity contribution < 1.29 is 4.74 Å². The predicted molar refractivity (Wildman–Crippen MR) is 56.3 cm³/mol. The normalized spacial score (nSPS) is 39.0. The van der Waals surface area contributed by atoms with Crippen LogP contribution in [0.5, 0.6) is 0 Å². The molecule has 0 saturated heterocycles. The van der Waals surface area contributed by atoms with Crippen molar-refractivity contribution in [3.63, 3.8) is 0 Å². The van der Waals surface area contributed by atoms with Crippen LogP contribution in [0.2, 0.25) is 0 Å². The summed E-state index contributed by atoms with van der Waals surface area (Å²) in [7, 11) is 1.86. The highest BCUT2D eigenvalue weighted by molar-refractivity contribution is 14.1. The lowest BCUT2D eigenvalue weighted by Gasteiger charge is -2.36. The Morgan fingerprint density at radius 1 is 1.45 bits per heavy atom. The van der Waals surface area contributed by atoms with Crippen LogP contribution in [0.15, 0.2) is 0 Å². The average Bonchev–Trinajstić information content (AvgIpc) is 2.07. The molecule has 1 fully saturated rings. The van der Waals surface area contributed by atoms with E-state index in [-0.39, 0.29) is 5.60 Å². The molecule has 0 amide bonds. The molecule has 0 unspecified atom stereocenters. The number of ether oxygens (including phenoxy) is 1. The maximum absolute atomic E-state index is 5.57. The van der Waals surface area contributed by atoms with Gasteiger partial charge < -0.3 is 4.74 Å². The lowest BCUT2D eigenvalue weighted by Crippen LogP contribution is -2.37. The first-order chi connectivity index (χ1) is 5.22. The number of hydrogen-bond donors (Lipinski definition) is 0. The van der Waals surface area contributed by atoms with Crippen molar-refractivity contribution in [1.29, 1.82) is 0 Å². The summed E-state index contributed by atoms with van der Waals surface area (Å²) in [6, 6.07) is 0. The first kappa shape index (κ1) is 9.78. The summed E-state index contributed by atoms with van der Waals surface area (Å²) in [6.45, 7) is 2.34. The minimum Gasteiger partial charge on any atom is -0.377 e. The fourth-order valence-corrected chi connectivity index (χ4v) is 2.75. The van der Waals surface area contributed by atoms with Crippen LogP contribution in [-0.2, 0) is 4.74 Å². The summed E-state index contributed by atoms with van der Waals surface area (Å²) in [5.41, 5.74) is 0.229. The summed E-state index contributed by atoms with van der Waals surface area (Å²) in [6.07, 6.45) is 5.20. The SMILES string of the molecule is COC1(CI)CCC(C)CC1. The van der Waals surface area contributed by atoms with Crippen molar-refractivity contribution in [2.45, 2.75) is 38.2 Å². The molecule has 0 atom stereocenters. The van der Waals surface area contributed by atoms with Crippen molar-refractivity contribution >= 4 is 22.6 Å². The lowest BCUT2D eigenvalue weighted by molar-refractivity contribution is -0.0256. The first-order valence-electron chi connectivity index (χ1n) is 4.33. The average molecular weight is 268 g/mol. The minimum atomic E-state index is 0.229. The zero-order valence-corrected chi connectivity index (χ0v) is 9.56. The molecule has 0 aromatic carbocycles. The number of hydrogen-bond acceptors (Lipinski definition) is 1. The summed E-state index contributed by atoms with van der Waals surface area (Å²) < 4.78 is 6.72. The van der Waals surface area contributed by atoms with E-state index in [4.69, 9.17) is 4.74 Å². The van der Waals surface area contributed by atoms with E-state index in [1.54, 1.807) is 0 Å². The zero-order valence-electron chi connectivity index (χ0n) is 7.40. The molecule has 0 N–H and O–H groups in total. The van der Waals surface area contributed by atoms with Gasteiger partial charge in [0.1, 0.15) is 0 Å². The van der Waals surface area contributed by atoms with Gasteiger partial charge >= 0.3 is 0 Å². The van der Waals surface area contributed by atoms with Crippen molar-refractivity contribution in [1.82, 2.24) is 0 Å². The highest BCUT2D eigenvalue weighted by Gasteiger charge is 2.32. The molecule has 1 saturated carbocycles. The molecule has 1 nitrogen and oxygen atoms in total. The third-order valence-corrected chi connectivity index (χ3v) is 4.25. The first-order valence-corrected chi connectivity index (χ1v) is 5.86. The highest BCUT2D eigenvalue weighted by atomic mass is 127. The van der Waals surface area contributed by atoms with Crippen LogP contribution in [0.1, 0.15) is 32.6 Å².